The van der Waals surface area contributed by atoms with Crippen molar-refractivity contribution in [2.24, 2.45) is 0 Å². The van der Waals surface area contributed by atoms with Crippen LogP contribution in [0.4, 0.5) is 0 Å². The minimum absolute atomic E-state index is 0.0628. The summed E-state index contributed by atoms with van der Waals surface area (Å²) < 4.78 is 0. The summed E-state index contributed by atoms with van der Waals surface area (Å²) in [5.41, 5.74) is 1.60. The molecule has 0 spiro atoms. The highest BCUT2D eigenvalue weighted by Gasteiger charge is 2.54. The minimum Gasteiger partial charge on any atom is -0.477 e. The molecular weight excluding hydrogens is 410 g/mol. The number of fused-ring (bicyclic) bond motifs is 1. The third-order valence-electron chi connectivity index (χ3n) is 4.76. The Labute approximate surface area is 174 Å². The average Bonchev–Trinajstić information content (AvgIpc) is 3.23. The average molecular weight is 425 g/mol. The molecule has 29 heavy (non-hydrogen) atoms. The zero-order valence-electron chi connectivity index (χ0n) is 15.0. The molecule has 7 nitrogen and oxygen atoms in total. The van der Waals surface area contributed by atoms with Crippen LogP contribution >= 0.6 is 23.1 Å². The number of nitriles is 1. The highest BCUT2D eigenvalue weighted by Crippen LogP contribution is 2.43. The number of thioether (sulfide) groups is 1. The van der Waals surface area contributed by atoms with Gasteiger partial charge in [0, 0.05) is 16.2 Å². The van der Waals surface area contributed by atoms with Crippen molar-refractivity contribution >= 4 is 46.5 Å². The molecule has 1 aromatic heterocycles. The number of thiophene rings is 1. The normalized spacial score (nSPS) is 20.5. The Bertz CT molecular complexity index is 1050. The second kappa shape index (κ2) is 7.73. The number of carboxylic acids is 1. The Hall–Kier alpha value is -3.09. The summed E-state index contributed by atoms with van der Waals surface area (Å²) >= 11 is 2.88. The lowest BCUT2D eigenvalue weighted by atomic mass is 9.98. The summed E-state index contributed by atoms with van der Waals surface area (Å²) in [6, 6.07) is 11.6. The molecule has 0 bridgehead atoms. The molecule has 2 aliphatic heterocycles. The number of benzene rings is 1. The first-order valence-electron chi connectivity index (χ1n) is 8.73. The first-order chi connectivity index (χ1) is 14.0. The van der Waals surface area contributed by atoms with Crippen LogP contribution in [-0.2, 0) is 20.8 Å². The third-order valence-corrected chi connectivity index (χ3v) is 6.92. The van der Waals surface area contributed by atoms with Crippen molar-refractivity contribution in [3.63, 3.8) is 0 Å². The van der Waals surface area contributed by atoms with Crippen molar-refractivity contribution in [2.75, 3.05) is 5.75 Å². The maximum Gasteiger partial charge on any atom is 0.352 e. The van der Waals surface area contributed by atoms with Crippen LogP contribution in [0.5, 0.6) is 0 Å². The fourth-order valence-electron chi connectivity index (χ4n) is 3.38. The van der Waals surface area contributed by atoms with E-state index in [9.17, 15) is 19.5 Å². The Kier molecular flexibility index (Phi) is 5.13. The van der Waals surface area contributed by atoms with Gasteiger partial charge in [0.25, 0.3) is 5.91 Å². The first kappa shape index (κ1) is 19.2. The molecule has 1 saturated heterocycles. The van der Waals surface area contributed by atoms with Gasteiger partial charge in [-0.2, -0.15) is 5.26 Å². The van der Waals surface area contributed by atoms with Crippen molar-refractivity contribution < 1.29 is 19.5 Å². The van der Waals surface area contributed by atoms with Crippen LogP contribution < -0.4 is 5.32 Å². The zero-order valence-corrected chi connectivity index (χ0v) is 16.6. The molecule has 1 aromatic carbocycles. The number of β-lactam (4-membered cyclic amide) rings is 1. The standard InChI is InChI=1S/C20H15N3O4S2/c21-9-11-3-5-12(6-4-11)14-10-29-19-16(18(25)23(19)17(14)20(26)27)22-15(24)8-13-2-1-7-28-13/h1-7,16,19H,8,10H2,(H,22,24)(H,26,27)/t16-,19+/m1/s1. The molecule has 0 radical (unpaired) electrons. The molecule has 1 fully saturated rings. The lowest BCUT2D eigenvalue weighted by molar-refractivity contribution is -0.150. The summed E-state index contributed by atoms with van der Waals surface area (Å²) in [4.78, 5) is 39.0. The molecule has 146 valence electrons. The van der Waals surface area contributed by atoms with Gasteiger partial charge in [-0.3, -0.25) is 14.5 Å². The molecule has 2 aromatic rings. The predicted octanol–water partition coefficient (Wildman–Crippen LogP) is 2.06. The number of nitrogens with zero attached hydrogens (tertiary/aromatic N) is 2. The first-order valence-corrected chi connectivity index (χ1v) is 10.7. The molecule has 0 unspecified atom stereocenters. The third kappa shape index (κ3) is 3.52. The van der Waals surface area contributed by atoms with E-state index in [4.69, 9.17) is 5.26 Å². The van der Waals surface area contributed by atoms with E-state index in [1.54, 1.807) is 24.3 Å². The topological polar surface area (TPSA) is 110 Å². The van der Waals surface area contributed by atoms with Gasteiger partial charge in [0.05, 0.1) is 18.1 Å². The van der Waals surface area contributed by atoms with Gasteiger partial charge in [0.1, 0.15) is 17.1 Å². The molecule has 2 aliphatic rings. The summed E-state index contributed by atoms with van der Waals surface area (Å²) in [5.74, 6) is -1.49. The van der Waals surface area contributed by atoms with E-state index >= 15 is 0 Å². The fourth-order valence-corrected chi connectivity index (χ4v) is 5.46. The Morgan fingerprint density at radius 3 is 2.66 bits per heavy atom. The van der Waals surface area contributed by atoms with Crippen LogP contribution in [0.1, 0.15) is 16.0 Å². The Morgan fingerprint density at radius 2 is 2.03 bits per heavy atom. The Morgan fingerprint density at radius 1 is 1.28 bits per heavy atom. The smallest absolute Gasteiger partial charge is 0.352 e. The van der Waals surface area contributed by atoms with Gasteiger partial charge in [0.2, 0.25) is 5.91 Å². The van der Waals surface area contributed by atoms with Crippen LogP contribution in [0.3, 0.4) is 0 Å². The number of carbonyl (C=O) groups excluding carboxylic acids is 2. The van der Waals surface area contributed by atoms with Crippen molar-refractivity contribution in [3.05, 3.63) is 63.5 Å². The van der Waals surface area contributed by atoms with Gasteiger partial charge >= 0.3 is 5.97 Å². The van der Waals surface area contributed by atoms with Gasteiger partial charge in [-0.1, -0.05) is 18.2 Å². The number of carbonyl (C=O) groups is 3. The van der Waals surface area contributed by atoms with E-state index in [0.29, 0.717) is 22.5 Å². The summed E-state index contributed by atoms with van der Waals surface area (Å²) in [5, 5.41) is 22.9. The van der Waals surface area contributed by atoms with Crippen LogP contribution in [0.2, 0.25) is 0 Å². The lowest BCUT2D eigenvalue weighted by Gasteiger charge is -2.49. The van der Waals surface area contributed by atoms with Gasteiger partial charge in [0.15, 0.2) is 0 Å². The number of nitrogens with one attached hydrogen (secondary N) is 1. The monoisotopic (exact) mass is 425 g/mol. The van der Waals surface area contributed by atoms with Gasteiger partial charge in [-0.05, 0) is 29.1 Å². The van der Waals surface area contributed by atoms with E-state index in [-0.39, 0.29) is 18.0 Å². The zero-order chi connectivity index (χ0) is 20.5. The quantitative estimate of drug-likeness (QED) is 0.710. The van der Waals surface area contributed by atoms with Gasteiger partial charge < -0.3 is 10.4 Å². The number of hydrogen-bond donors (Lipinski definition) is 2. The molecule has 0 aliphatic carbocycles. The highest BCUT2D eigenvalue weighted by atomic mass is 32.2. The van der Waals surface area contributed by atoms with E-state index in [2.05, 4.69) is 5.32 Å². The number of amides is 2. The van der Waals surface area contributed by atoms with E-state index in [1.807, 2.05) is 23.6 Å². The fraction of sp³-hybridized carbons (Fsp3) is 0.200. The van der Waals surface area contributed by atoms with Crippen molar-refractivity contribution in [2.45, 2.75) is 17.8 Å². The lowest BCUT2D eigenvalue weighted by Crippen LogP contribution is -2.70. The number of carboxylic acid groups (broad SMARTS) is 1. The van der Waals surface area contributed by atoms with Crippen LogP contribution in [0, 0.1) is 11.3 Å². The number of aliphatic carboxylic acids is 1. The number of rotatable bonds is 5. The summed E-state index contributed by atoms with van der Waals surface area (Å²) in [6.45, 7) is 0. The molecular formula is C20H15N3O4S2. The largest absolute Gasteiger partial charge is 0.477 e. The molecule has 2 amide bonds. The SMILES string of the molecule is N#Cc1ccc(C2=C(C(=O)O)N3C(=O)[C@@H](NC(=O)Cc4cccs4)[C@@H]3SC2)cc1. The maximum atomic E-state index is 12.7. The van der Waals surface area contributed by atoms with Gasteiger partial charge in [-0.15, -0.1) is 23.1 Å². The molecule has 2 atom stereocenters. The van der Waals surface area contributed by atoms with Crippen molar-refractivity contribution in [1.29, 1.82) is 5.26 Å². The number of hydrogen-bond acceptors (Lipinski definition) is 6. The maximum absolute atomic E-state index is 12.7. The van der Waals surface area contributed by atoms with E-state index < -0.39 is 23.3 Å². The molecule has 4 rings (SSSR count). The molecule has 9 heteroatoms. The van der Waals surface area contributed by atoms with Crippen LogP contribution in [0.25, 0.3) is 5.57 Å². The van der Waals surface area contributed by atoms with Crippen molar-refractivity contribution in [1.82, 2.24) is 10.2 Å². The molecule has 3 heterocycles. The molecule has 2 N–H and O–H groups in total. The van der Waals surface area contributed by atoms with Crippen molar-refractivity contribution in [3.8, 4) is 6.07 Å². The van der Waals surface area contributed by atoms with Gasteiger partial charge in [-0.25, -0.2) is 4.79 Å². The summed E-state index contributed by atoms with van der Waals surface area (Å²) in [6.07, 6.45) is 0.191. The van der Waals surface area contributed by atoms with E-state index in [0.717, 1.165) is 4.88 Å². The predicted molar refractivity (Wildman–Crippen MR) is 109 cm³/mol. The minimum atomic E-state index is -1.19. The summed E-state index contributed by atoms with van der Waals surface area (Å²) in [7, 11) is 0. The second-order valence-corrected chi connectivity index (χ2v) is 8.67. The van der Waals surface area contributed by atoms with Crippen LogP contribution in [-0.4, -0.2) is 45.0 Å². The molecule has 0 saturated carbocycles. The van der Waals surface area contributed by atoms with Crippen LogP contribution in [0.15, 0.2) is 47.5 Å². The second-order valence-electron chi connectivity index (χ2n) is 6.53. The highest BCUT2D eigenvalue weighted by molar-refractivity contribution is 8.00. The Balaban J connectivity index is 1.55. The van der Waals surface area contributed by atoms with E-state index in [1.165, 1.54) is 28.0 Å².